The predicted octanol–water partition coefficient (Wildman–Crippen LogP) is 3.79. The number of hydrogen-bond acceptors (Lipinski definition) is 3. The molecular formula is C16H19N3O. The van der Waals surface area contributed by atoms with E-state index in [2.05, 4.69) is 41.6 Å². The maximum absolute atomic E-state index is 11.3. The van der Waals surface area contributed by atoms with Crippen LogP contribution < -0.4 is 10.6 Å². The van der Waals surface area contributed by atoms with Gasteiger partial charge in [0.25, 0.3) is 0 Å². The minimum absolute atomic E-state index is 0.0348. The molecule has 104 valence electrons. The molecular weight excluding hydrogens is 250 g/mol. The van der Waals surface area contributed by atoms with Crippen LogP contribution in [0.15, 0.2) is 36.5 Å². The molecule has 0 radical (unpaired) electrons. The molecule has 0 aliphatic carbocycles. The van der Waals surface area contributed by atoms with Gasteiger partial charge in [-0.05, 0) is 49.2 Å². The molecule has 1 aromatic heterocycles. The second-order valence-electron chi connectivity index (χ2n) is 4.76. The number of aryl methyl sites for hydroxylation is 2. The molecule has 0 saturated carbocycles. The minimum Gasteiger partial charge on any atom is -0.354 e. The summed E-state index contributed by atoms with van der Waals surface area (Å²) >= 11 is 0. The summed E-state index contributed by atoms with van der Waals surface area (Å²) in [5.74, 6) is 0.537. The molecule has 1 heterocycles. The normalized spacial score (nSPS) is 10.2. The summed E-state index contributed by atoms with van der Waals surface area (Å²) < 4.78 is 0. The van der Waals surface area contributed by atoms with Gasteiger partial charge >= 0.3 is 0 Å². The molecule has 1 aromatic carbocycles. The van der Waals surface area contributed by atoms with E-state index in [1.54, 1.807) is 12.3 Å². The molecule has 0 fully saturated rings. The first kappa shape index (κ1) is 14.1. The predicted molar refractivity (Wildman–Crippen MR) is 82.4 cm³/mol. The molecule has 0 aliphatic heterocycles. The van der Waals surface area contributed by atoms with Crippen molar-refractivity contribution >= 4 is 23.1 Å². The summed E-state index contributed by atoms with van der Waals surface area (Å²) in [6.45, 7) is 5.99. The number of nitrogens with zero attached hydrogens (tertiary/aromatic N) is 1. The van der Waals surface area contributed by atoms with Gasteiger partial charge in [0.15, 0.2) is 0 Å². The van der Waals surface area contributed by atoms with Crippen LogP contribution in [0.4, 0.5) is 17.2 Å². The molecule has 20 heavy (non-hydrogen) atoms. The number of nitrogens with one attached hydrogen (secondary N) is 2. The van der Waals surface area contributed by atoms with Gasteiger partial charge in [-0.15, -0.1) is 0 Å². The van der Waals surface area contributed by atoms with E-state index in [4.69, 9.17) is 0 Å². The van der Waals surface area contributed by atoms with Crippen molar-refractivity contribution in [1.29, 1.82) is 0 Å². The highest BCUT2D eigenvalue weighted by Gasteiger charge is 2.01. The van der Waals surface area contributed by atoms with Gasteiger partial charge in [0, 0.05) is 12.1 Å². The summed E-state index contributed by atoms with van der Waals surface area (Å²) in [4.78, 5) is 15.5. The topological polar surface area (TPSA) is 54.0 Å². The van der Waals surface area contributed by atoms with Crippen molar-refractivity contribution < 1.29 is 4.79 Å². The Labute approximate surface area is 119 Å². The second-order valence-corrected chi connectivity index (χ2v) is 4.76. The summed E-state index contributed by atoms with van der Waals surface area (Å²) in [6.07, 6.45) is 2.16. The molecule has 0 unspecified atom stereocenters. The van der Waals surface area contributed by atoms with Crippen LogP contribution in [-0.2, 0) is 4.79 Å². The molecule has 2 aromatic rings. The van der Waals surface area contributed by atoms with Gasteiger partial charge in [0.05, 0.1) is 11.9 Å². The van der Waals surface area contributed by atoms with Crippen molar-refractivity contribution in [2.45, 2.75) is 27.2 Å². The Morgan fingerprint density at radius 2 is 1.85 bits per heavy atom. The van der Waals surface area contributed by atoms with Crippen LogP contribution in [0.1, 0.15) is 24.5 Å². The van der Waals surface area contributed by atoms with Gasteiger partial charge in [-0.25, -0.2) is 4.98 Å². The lowest BCUT2D eigenvalue weighted by Gasteiger charge is -2.09. The van der Waals surface area contributed by atoms with E-state index >= 15 is 0 Å². The SMILES string of the molecule is CCC(=O)Nc1ccc(Nc2ccc(C)c(C)c2)cn1. The molecule has 0 aliphatic rings. The van der Waals surface area contributed by atoms with Gasteiger partial charge in [0.2, 0.25) is 5.91 Å². The van der Waals surface area contributed by atoms with Crippen LogP contribution in [0.5, 0.6) is 0 Å². The second kappa shape index (κ2) is 6.19. The van der Waals surface area contributed by atoms with E-state index in [1.807, 2.05) is 19.1 Å². The monoisotopic (exact) mass is 269 g/mol. The molecule has 0 atom stereocenters. The third-order valence-electron chi connectivity index (χ3n) is 3.15. The summed E-state index contributed by atoms with van der Waals surface area (Å²) in [7, 11) is 0. The van der Waals surface area contributed by atoms with Crippen LogP contribution in [-0.4, -0.2) is 10.9 Å². The quantitative estimate of drug-likeness (QED) is 0.887. The molecule has 4 nitrogen and oxygen atoms in total. The number of benzene rings is 1. The maximum atomic E-state index is 11.3. The first-order valence-corrected chi connectivity index (χ1v) is 6.68. The van der Waals surface area contributed by atoms with Crippen molar-refractivity contribution in [2.75, 3.05) is 10.6 Å². The lowest BCUT2D eigenvalue weighted by atomic mass is 10.1. The Morgan fingerprint density at radius 3 is 2.45 bits per heavy atom. The molecule has 0 saturated heterocycles. The first-order chi connectivity index (χ1) is 9.58. The third-order valence-corrected chi connectivity index (χ3v) is 3.15. The number of rotatable bonds is 4. The Hall–Kier alpha value is -2.36. The number of carbonyl (C=O) groups excluding carboxylic acids is 1. The average molecular weight is 269 g/mol. The molecule has 0 bridgehead atoms. The van der Waals surface area contributed by atoms with E-state index < -0.39 is 0 Å². The van der Waals surface area contributed by atoms with Crippen LogP contribution in [0.25, 0.3) is 0 Å². The highest BCUT2D eigenvalue weighted by molar-refractivity contribution is 5.89. The Morgan fingerprint density at radius 1 is 1.10 bits per heavy atom. The van der Waals surface area contributed by atoms with E-state index in [1.165, 1.54) is 11.1 Å². The van der Waals surface area contributed by atoms with Crippen molar-refractivity contribution in [3.05, 3.63) is 47.7 Å². The number of anilines is 3. The lowest BCUT2D eigenvalue weighted by molar-refractivity contribution is -0.115. The van der Waals surface area contributed by atoms with Crippen LogP contribution in [0.3, 0.4) is 0 Å². The highest BCUT2D eigenvalue weighted by Crippen LogP contribution is 2.19. The van der Waals surface area contributed by atoms with Crippen molar-refractivity contribution in [2.24, 2.45) is 0 Å². The standard InChI is InChI=1S/C16H19N3O/c1-4-16(20)19-15-8-7-14(10-17-15)18-13-6-5-11(2)12(3)9-13/h5-10,18H,4H2,1-3H3,(H,17,19,20). The van der Waals surface area contributed by atoms with E-state index in [0.717, 1.165) is 11.4 Å². The summed E-state index contributed by atoms with van der Waals surface area (Å²) in [5, 5.41) is 6.01. The molecule has 0 spiro atoms. The fourth-order valence-corrected chi connectivity index (χ4v) is 1.76. The fraction of sp³-hybridized carbons (Fsp3) is 0.250. The van der Waals surface area contributed by atoms with Crippen LogP contribution >= 0.6 is 0 Å². The maximum Gasteiger partial charge on any atom is 0.225 e. The van der Waals surface area contributed by atoms with Crippen LogP contribution in [0, 0.1) is 13.8 Å². The average Bonchev–Trinajstić information content (AvgIpc) is 2.45. The number of pyridine rings is 1. The lowest BCUT2D eigenvalue weighted by Crippen LogP contribution is -2.10. The number of amides is 1. The minimum atomic E-state index is -0.0348. The number of aromatic nitrogens is 1. The zero-order valence-electron chi connectivity index (χ0n) is 12.0. The van der Waals surface area contributed by atoms with Gasteiger partial charge in [-0.2, -0.15) is 0 Å². The number of hydrogen-bond donors (Lipinski definition) is 2. The Kier molecular flexibility index (Phi) is 4.35. The number of carbonyl (C=O) groups is 1. The first-order valence-electron chi connectivity index (χ1n) is 6.68. The van der Waals surface area contributed by atoms with Gasteiger partial charge in [0.1, 0.15) is 5.82 Å². The molecule has 2 rings (SSSR count). The highest BCUT2D eigenvalue weighted by atomic mass is 16.1. The largest absolute Gasteiger partial charge is 0.354 e. The van der Waals surface area contributed by atoms with Crippen molar-refractivity contribution in [3.63, 3.8) is 0 Å². The van der Waals surface area contributed by atoms with E-state index in [9.17, 15) is 4.79 Å². The summed E-state index contributed by atoms with van der Waals surface area (Å²) in [5.41, 5.74) is 4.43. The van der Waals surface area contributed by atoms with Crippen molar-refractivity contribution in [3.8, 4) is 0 Å². The smallest absolute Gasteiger partial charge is 0.225 e. The molecule has 2 N–H and O–H groups in total. The zero-order chi connectivity index (χ0) is 14.5. The fourth-order valence-electron chi connectivity index (χ4n) is 1.76. The molecule has 4 heteroatoms. The summed E-state index contributed by atoms with van der Waals surface area (Å²) in [6, 6.07) is 9.91. The third kappa shape index (κ3) is 3.57. The Balaban J connectivity index is 2.06. The van der Waals surface area contributed by atoms with Gasteiger partial charge < -0.3 is 10.6 Å². The van der Waals surface area contributed by atoms with E-state index in [-0.39, 0.29) is 5.91 Å². The van der Waals surface area contributed by atoms with Gasteiger partial charge in [-0.3, -0.25) is 4.79 Å². The zero-order valence-corrected chi connectivity index (χ0v) is 12.0. The van der Waals surface area contributed by atoms with Crippen molar-refractivity contribution in [1.82, 2.24) is 4.98 Å². The van der Waals surface area contributed by atoms with Gasteiger partial charge in [-0.1, -0.05) is 13.0 Å². The molecule has 1 amide bonds. The Bertz CT molecular complexity index is 606. The van der Waals surface area contributed by atoms with E-state index in [0.29, 0.717) is 12.2 Å². The van der Waals surface area contributed by atoms with Crippen LogP contribution in [0.2, 0.25) is 0 Å².